The minimum atomic E-state index is -0.261. The van der Waals surface area contributed by atoms with E-state index < -0.39 is 0 Å². The van der Waals surface area contributed by atoms with Crippen molar-refractivity contribution in [2.24, 2.45) is 11.3 Å². The lowest BCUT2D eigenvalue weighted by Gasteiger charge is -2.62. The van der Waals surface area contributed by atoms with Gasteiger partial charge in [0.1, 0.15) is 0 Å². The minimum Gasteiger partial charge on any atom is -0.392 e. The Labute approximate surface area is 90.8 Å². The van der Waals surface area contributed by atoms with Gasteiger partial charge in [-0.1, -0.05) is 20.4 Å². The van der Waals surface area contributed by atoms with Gasteiger partial charge in [-0.2, -0.15) is 0 Å². The van der Waals surface area contributed by atoms with Crippen molar-refractivity contribution in [2.45, 2.75) is 38.8 Å². The second-order valence-electron chi connectivity index (χ2n) is 5.25. The van der Waals surface area contributed by atoms with E-state index in [2.05, 4.69) is 6.58 Å². The molecule has 0 aromatic heterocycles. The van der Waals surface area contributed by atoms with Crippen molar-refractivity contribution in [1.82, 2.24) is 4.90 Å². The molecule has 1 heterocycles. The highest BCUT2D eigenvalue weighted by Gasteiger charge is 2.59. The molecule has 0 unspecified atom stereocenters. The van der Waals surface area contributed by atoms with Crippen molar-refractivity contribution in [3.8, 4) is 0 Å². The van der Waals surface area contributed by atoms with E-state index in [0.29, 0.717) is 0 Å². The summed E-state index contributed by atoms with van der Waals surface area (Å²) in [6, 6.07) is 0.201. The molecule has 1 aliphatic carbocycles. The number of likely N-dealkylation sites (tertiary alicyclic amines) is 1. The number of carbonyl (C=O) groups is 1. The molecular formula is C12H19NO2. The predicted molar refractivity (Wildman–Crippen MR) is 58.2 cm³/mol. The molecule has 1 saturated carbocycles. The fraction of sp³-hybridized carbons (Fsp3) is 0.750. The zero-order valence-electron chi connectivity index (χ0n) is 9.44. The van der Waals surface area contributed by atoms with Gasteiger partial charge in [0.15, 0.2) is 0 Å². The van der Waals surface area contributed by atoms with Crippen LogP contribution >= 0.6 is 0 Å². The molecule has 1 amide bonds. The van der Waals surface area contributed by atoms with Crippen LogP contribution in [0.3, 0.4) is 0 Å². The summed E-state index contributed by atoms with van der Waals surface area (Å²) < 4.78 is 0. The van der Waals surface area contributed by atoms with E-state index in [4.69, 9.17) is 0 Å². The van der Waals surface area contributed by atoms with Crippen LogP contribution in [0.25, 0.3) is 0 Å². The Kier molecular flexibility index (Phi) is 2.38. The van der Waals surface area contributed by atoms with Gasteiger partial charge in [-0.3, -0.25) is 4.79 Å². The lowest BCUT2D eigenvalue weighted by Crippen LogP contribution is -2.70. The minimum absolute atomic E-state index is 0.00433. The fourth-order valence-electron chi connectivity index (χ4n) is 3.28. The number of piperidine rings is 1. The summed E-state index contributed by atoms with van der Waals surface area (Å²) in [4.78, 5) is 13.6. The van der Waals surface area contributed by atoms with Gasteiger partial charge in [0.2, 0.25) is 5.91 Å². The monoisotopic (exact) mass is 209 g/mol. The van der Waals surface area contributed by atoms with Crippen LogP contribution in [0.1, 0.15) is 26.7 Å². The van der Waals surface area contributed by atoms with Gasteiger partial charge >= 0.3 is 0 Å². The fourth-order valence-corrected chi connectivity index (χ4v) is 3.28. The van der Waals surface area contributed by atoms with Gasteiger partial charge in [-0.25, -0.2) is 0 Å². The molecule has 2 fully saturated rings. The van der Waals surface area contributed by atoms with Gasteiger partial charge < -0.3 is 10.0 Å². The number of fused-ring (bicyclic) bond motifs is 1. The van der Waals surface area contributed by atoms with Crippen LogP contribution in [0.15, 0.2) is 12.7 Å². The summed E-state index contributed by atoms with van der Waals surface area (Å²) in [5, 5.41) is 9.98. The molecule has 2 aliphatic rings. The Balaban J connectivity index is 2.21. The van der Waals surface area contributed by atoms with Gasteiger partial charge in [0.05, 0.1) is 6.10 Å². The standard InChI is InChI=1S/C12H19NO2/c1-4-9(14)13-7-5-6-8-10(13)12(2,3)11(8)15/h4,8,10-11,15H,1,5-7H2,2-3H3/t8-,10+,11-/m0/s1. The highest BCUT2D eigenvalue weighted by atomic mass is 16.3. The average Bonchev–Trinajstić information content (AvgIpc) is 2.26. The van der Waals surface area contributed by atoms with Crippen LogP contribution in [0, 0.1) is 11.3 Å². The molecule has 0 spiro atoms. The van der Waals surface area contributed by atoms with E-state index in [-0.39, 0.29) is 29.4 Å². The third-order valence-electron chi connectivity index (χ3n) is 4.07. The molecular weight excluding hydrogens is 190 g/mol. The van der Waals surface area contributed by atoms with Gasteiger partial charge in [-0.15, -0.1) is 0 Å². The van der Waals surface area contributed by atoms with Crippen molar-refractivity contribution >= 4 is 5.91 Å². The number of amides is 1. The van der Waals surface area contributed by atoms with Gasteiger partial charge in [0.25, 0.3) is 0 Å². The highest BCUT2D eigenvalue weighted by molar-refractivity contribution is 5.87. The normalized spacial score (nSPS) is 37.8. The Morgan fingerprint density at radius 1 is 1.60 bits per heavy atom. The summed E-state index contributed by atoms with van der Waals surface area (Å²) in [6.45, 7) is 8.41. The molecule has 0 aromatic carbocycles. The molecule has 0 aromatic rings. The maximum absolute atomic E-state index is 11.7. The summed E-state index contributed by atoms with van der Waals surface area (Å²) in [6.07, 6.45) is 3.15. The summed E-state index contributed by atoms with van der Waals surface area (Å²) in [5.74, 6) is 0.280. The topological polar surface area (TPSA) is 40.5 Å². The van der Waals surface area contributed by atoms with Crippen molar-refractivity contribution in [2.75, 3.05) is 6.54 Å². The first-order valence-electron chi connectivity index (χ1n) is 5.61. The van der Waals surface area contributed by atoms with E-state index in [0.717, 1.165) is 19.4 Å². The molecule has 3 heteroatoms. The molecule has 84 valence electrons. The number of rotatable bonds is 1. The maximum Gasteiger partial charge on any atom is 0.246 e. The van der Waals surface area contributed by atoms with E-state index in [9.17, 15) is 9.90 Å². The SMILES string of the molecule is C=CC(=O)N1CCC[C@@H]2[C@H](O)C(C)(C)[C@@H]21. The van der Waals surface area contributed by atoms with Crippen LogP contribution in [-0.2, 0) is 4.79 Å². The van der Waals surface area contributed by atoms with Crippen molar-refractivity contribution in [3.63, 3.8) is 0 Å². The van der Waals surface area contributed by atoms with Crippen LogP contribution < -0.4 is 0 Å². The van der Waals surface area contributed by atoms with Crippen LogP contribution in [0.2, 0.25) is 0 Å². The van der Waals surface area contributed by atoms with E-state index in [1.165, 1.54) is 6.08 Å². The number of hydrogen-bond acceptors (Lipinski definition) is 2. The molecule has 1 N–H and O–H groups in total. The smallest absolute Gasteiger partial charge is 0.246 e. The Morgan fingerprint density at radius 2 is 2.27 bits per heavy atom. The summed E-state index contributed by atoms with van der Waals surface area (Å²) in [7, 11) is 0. The highest BCUT2D eigenvalue weighted by Crippen LogP contribution is 2.52. The Morgan fingerprint density at radius 3 is 2.87 bits per heavy atom. The van der Waals surface area contributed by atoms with Crippen molar-refractivity contribution in [3.05, 3.63) is 12.7 Å². The zero-order chi connectivity index (χ0) is 11.2. The third-order valence-corrected chi connectivity index (χ3v) is 4.07. The molecule has 3 atom stereocenters. The molecule has 1 aliphatic heterocycles. The maximum atomic E-state index is 11.7. The number of aliphatic hydroxyl groups is 1. The number of carbonyl (C=O) groups excluding carboxylic acids is 1. The van der Waals surface area contributed by atoms with Gasteiger partial charge in [0, 0.05) is 23.9 Å². The van der Waals surface area contributed by atoms with Crippen LogP contribution in [0.5, 0.6) is 0 Å². The first-order valence-corrected chi connectivity index (χ1v) is 5.61. The van der Waals surface area contributed by atoms with E-state index >= 15 is 0 Å². The molecule has 3 nitrogen and oxygen atoms in total. The molecule has 15 heavy (non-hydrogen) atoms. The lowest BCUT2D eigenvalue weighted by molar-refractivity contribution is -0.194. The average molecular weight is 209 g/mol. The Hall–Kier alpha value is -0.830. The first-order chi connectivity index (χ1) is 7.00. The molecule has 0 radical (unpaired) electrons. The van der Waals surface area contributed by atoms with Crippen LogP contribution in [-0.4, -0.2) is 34.6 Å². The second kappa shape index (κ2) is 3.34. The lowest BCUT2D eigenvalue weighted by atomic mass is 9.54. The largest absolute Gasteiger partial charge is 0.392 e. The number of hydrogen-bond donors (Lipinski definition) is 1. The number of aliphatic hydroxyl groups excluding tert-OH is 1. The Bertz CT molecular complexity index is 298. The van der Waals surface area contributed by atoms with Crippen molar-refractivity contribution < 1.29 is 9.90 Å². The van der Waals surface area contributed by atoms with E-state index in [1.54, 1.807) is 0 Å². The predicted octanol–water partition coefficient (Wildman–Crippen LogP) is 1.18. The third kappa shape index (κ3) is 1.33. The first kappa shape index (κ1) is 10.7. The molecule has 0 bridgehead atoms. The number of nitrogens with zero attached hydrogens (tertiary/aromatic N) is 1. The quantitative estimate of drug-likeness (QED) is 0.659. The second-order valence-corrected chi connectivity index (χ2v) is 5.25. The van der Waals surface area contributed by atoms with Gasteiger partial charge in [-0.05, 0) is 18.9 Å². The van der Waals surface area contributed by atoms with Crippen LogP contribution in [0.4, 0.5) is 0 Å². The molecule has 2 rings (SSSR count). The van der Waals surface area contributed by atoms with Crippen molar-refractivity contribution in [1.29, 1.82) is 0 Å². The van der Waals surface area contributed by atoms with E-state index in [1.807, 2.05) is 18.7 Å². The zero-order valence-corrected chi connectivity index (χ0v) is 9.44. The summed E-state index contributed by atoms with van der Waals surface area (Å²) >= 11 is 0. The summed E-state index contributed by atoms with van der Waals surface area (Å²) in [5.41, 5.74) is -0.163. The molecule has 1 saturated heterocycles.